The number of carbonyl (C=O) groups is 1. The molecular formula is C23H17N3OS2. The van der Waals surface area contributed by atoms with Crippen molar-refractivity contribution in [2.24, 2.45) is 0 Å². The second-order valence-corrected chi connectivity index (χ2v) is 8.86. The Balaban J connectivity index is 1.56. The third-order valence-corrected chi connectivity index (χ3v) is 6.67. The number of benzene rings is 3. The molecule has 1 aliphatic heterocycles. The fourth-order valence-corrected chi connectivity index (χ4v) is 5.27. The first-order chi connectivity index (χ1) is 14.1. The molecule has 5 rings (SSSR count). The number of anilines is 2. The van der Waals surface area contributed by atoms with Crippen molar-refractivity contribution in [3.8, 4) is 0 Å². The van der Waals surface area contributed by atoms with Gasteiger partial charge in [0, 0.05) is 32.6 Å². The molecule has 1 amide bonds. The lowest BCUT2D eigenvalue weighted by molar-refractivity contribution is 0.266. The number of para-hydroxylation sites is 2. The number of aryl methyl sites for hydroxylation is 2. The highest BCUT2D eigenvalue weighted by Crippen LogP contribution is 2.49. The first-order valence-corrected chi connectivity index (χ1v) is 10.9. The average Bonchev–Trinajstić information content (AvgIpc) is 2.71. The van der Waals surface area contributed by atoms with Crippen molar-refractivity contribution in [3.63, 3.8) is 0 Å². The largest absolute Gasteiger partial charge is 0.298 e. The van der Waals surface area contributed by atoms with E-state index in [9.17, 15) is 4.79 Å². The predicted octanol–water partition coefficient (Wildman–Crippen LogP) is 6.76. The molecular weight excluding hydrogens is 398 g/mol. The van der Waals surface area contributed by atoms with Crippen LogP contribution in [0.4, 0.5) is 16.2 Å². The minimum Gasteiger partial charge on any atom is -0.269 e. The van der Waals surface area contributed by atoms with Crippen LogP contribution in [0.2, 0.25) is 0 Å². The topological polar surface area (TPSA) is 46.1 Å². The van der Waals surface area contributed by atoms with Crippen LogP contribution in [0.5, 0.6) is 0 Å². The lowest BCUT2D eigenvalue weighted by atomic mass is 10.1. The molecule has 1 aliphatic rings. The highest BCUT2D eigenvalue weighted by Gasteiger charge is 2.29. The van der Waals surface area contributed by atoms with E-state index in [0.29, 0.717) is 5.16 Å². The smallest absolute Gasteiger partial charge is 0.269 e. The van der Waals surface area contributed by atoms with Gasteiger partial charge in [0.1, 0.15) is 0 Å². The SMILES string of the molecule is Cc1ccc2c(C)nc(SC(=O)N3c4ccccc4Sc4ccccc43)nc2c1. The van der Waals surface area contributed by atoms with E-state index in [1.165, 1.54) is 0 Å². The summed E-state index contributed by atoms with van der Waals surface area (Å²) in [6.07, 6.45) is 0. The molecule has 0 aliphatic carbocycles. The number of rotatable bonds is 1. The Kier molecular flexibility index (Phi) is 4.53. The average molecular weight is 416 g/mol. The number of amides is 1. The molecule has 0 bridgehead atoms. The molecule has 29 heavy (non-hydrogen) atoms. The molecule has 0 N–H and O–H groups in total. The molecule has 3 aromatic carbocycles. The van der Waals surface area contributed by atoms with E-state index in [4.69, 9.17) is 0 Å². The minimum atomic E-state index is -0.114. The van der Waals surface area contributed by atoms with Crippen molar-refractivity contribution in [1.82, 2.24) is 9.97 Å². The minimum absolute atomic E-state index is 0.114. The highest BCUT2D eigenvalue weighted by molar-refractivity contribution is 8.13. The molecule has 0 radical (unpaired) electrons. The Morgan fingerprint density at radius 3 is 2.24 bits per heavy atom. The number of aromatic nitrogens is 2. The second-order valence-electron chi connectivity index (χ2n) is 6.85. The van der Waals surface area contributed by atoms with E-state index in [1.807, 2.05) is 74.5 Å². The van der Waals surface area contributed by atoms with Crippen LogP contribution in [0.15, 0.2) is 81.7 Å². The standard InChI is InChI=1S/C23H17N3OS2/c1-14-11-12-16-15(2)24-22(25-17(16)13-14)29-23(27)26-18-7-3-5-9-20(18)28-21-10-6-4-8-19(21)26/h3-13H,1-2H3. The summed E-state index contributed by atoms with van der Waals surface area (Å²) < 4.78 is 0. The molecule has 4 aromatic rings. The van der Waals surface area contributed by atoms with Crippen molar-refractivity contribution < 1.29 is 4.79 Å². The van der Waals surface area contributed by atoms with Gasteiger partial charge in [0.2, 0.25) is 0 Å². The molecule has 0 atom stereocenters. The van der Waals surface area contributed by atoms with E-state index in [1.54, 1.807) is 16.7 Å². The fraction of sp³-hybridized carbons (Fsp3) is 0.0870. The Bertz CT molecular complexity index is 1230. The number of hydrogen-bond acceptors (Lipinski definition) is 5. The number of nitrogens with zero attached hydrogens (tertiary/aromatic N) is 3. The van der Waals surface area contributed by atoms with Crippen molar-refractivity contribution in [1.29, 1.82) is 0 Å². The number of carbonyl (C=O) groups excluding carboxylic acids is 1. The fourth-order valence-electron chi connectivity index (χ4n) is 3.44. The van der Waals surface area contributed by atoms with Crippen LogP contribution in [-0.2, 0) is 0 Å². The van der Waals surface area contributed by atoms with Crippen molar-refractivity contribution >= 4 is 51.0 Å². The van der Waals surface area contributed by atoms with Crippen LogP contribution >= 0.6 is 23.5 Å². The number of fused-ring (bicyclic) bond motifs is 3. The van der Waals surface area contributed by atoms with Crippen LogP contribution in [0.1, 0.15) is 11.3 Å². The molecule has 1 aromatic heterocycles. The summed E-state index contributed by atoms with van der Waals surface area (Å²) in [7, 11) is 0. The summed E-state index contributed by atoms with van der Waals surface area (Å²) in [5, 5.41) is 1.37. The quantitative estimate of drug-likeness (QED) is 0.254. The summed E-state index contributed by atoms with van der Waals surface area (Å²) in [6.45, 7) is 3.99. The van der Waals surface area contributed by atoms with Crippen molar-refractivity contribution in [2.75, 3.05) is 4.90 Å². The molecule has 0 saturated carbocycles. The maximum Gasteiger partial charge on any atom is 0.298 e. The lowest BCUT2D eigenvalue weighted by Gasteiger charge is -2.30. The van der Waals surface area contributed by atoms with Gasteiger partial charge in [-0.15, -0.1) is 0 Å². The van der Waals surface area contributed by atoms with Crippen molar-refractivity contribution in [2.45, 2.75) is 28.8 Å². The molecule has 2 heterocycles. The van der Waals surface area contributed by atoms with Gasteiger partial charge in [0.05, 0.1) is 16.9 Å². The van der Waals surface area contributed by atoms with Crippen LogP contribution in [-0.4, -0.2) is 15.2 Å². The van der Waals surface area contributed by atoms with E-state index < -0.39 is 0 Å². The van der Waals surface area contributed by atoms with Gasteiger partial charge in [-0.1, -0.05) is 48.2 Å². The molecule has 4 nitrogen and oxygen atoms in total. The molecule has 0 fully saturated rings. The van der Waals surface area contributed by atoms with Crippen LogP contribution in [0.25, 0.3) is 10.9 Å². The maximum atomic E-state index is 13.4. The lowest BCUT2D eigenvalue weighted by Crippen LogP contribution is -2.24. The van der Waals surface area contributed by atoms with Gasteiger partial charge in [-0.05, 0) is 49.7 Å². The van der Waals surface area contributed by atoms with Crippen LogP contribution in [0.3, 0.4) is 0 Å². The van der Waals surface area contributed by atoms with Gasteiger partial charge in [-0.3, -0.25) is 9.69 Å². The van der Waals surface area contributed by atoms with Gasteiger partial charge >= 0.3 is 0 Å². The molecule has 6 heteroatoms. The Hall–Kier alpha value is -2.83. The highest BCUT2D eigenvalue weighted by atomic mass is 32.2. The Labute approximate surface area is 177 Å². The van der Waals surface area contributed by atoms with Gasteiger partial charge in [-0.2, -0.15) is 0 Å². The van der Waals surface area contributed by atoms with Gasteiger partial charge in [0.15, 0.2) is 5.16 Å². The number of thioether (sulfide) groups is 1. The summed E-state index contributed by atoms with van der Waals surface area (Å²) in [4.78, 5) is 26.5. The van der Waals surface area contributed by atoms with Crippen LogP contribution < -0.4 is 4.90 Å². The third kappa shape index (κ3) is 3.28. The predicted molar refractivity (Wildman–Crippen MR) is 119 cm³/mol. The number of hydrogen-bond donors (Lipinski definition) is 0. The normalized spacial score (nSPS) is 12.6. The van der Waals surface area contributed by atoms with Crippen molar-refractivity contribution in [3.05, 3.63) is 78.0 Å². The summed E-state index contributed by atoms with van der Waals surface area (Å²) >= 11 is 2.75. The van der Waals surface area contributed by atoms with E-state index in [2.05, 4.69) is 16.0 Å². The summed E-state index contributed by atoms with van der Waals surface area (Å²) in [5.74, 6) is 0. The van der Waals surface area contributed by atoms with Gasteiger partial charge in [0.25, 0.3) is 5.24 Å². The van der Waals surface area contributed by atoms with E-state index in [0.717, 1.165) is 55.1 Å². The molecule has 0 unspecified atom stereocenters. The first-order valence-electron chi connectivity index (χ1n) is 9.23. The van der Waals surface area contributed by atoms with Gasteiger partial charge < -0.3 is 0 Å². The van der Waals surface area contributed by atoms with Gasteiger partial charge in [-0.25, -0.2) is 9.97 Å². The molecule has 0 saturated heterocycles. The molecule has 0 spiro atoms. The zero-order chi connectivity index (χ0) is 20.0. The summed E-state index contributed by atoms with van der Waals surface area (Å²) in [6, 6.07) is 22.1. The zero-order valence-corrected chi connectivity index (χ0v) is 17.6. The third-order valence-electron chi connectivity index (χ3n) is 4.82. The maximum absolute atomic E-state index is 13.4. The van der Waals surface area contributed by atoms with E-state index >= 15 is 0 Å². The summed E-state index contributed by atoms with van der Waals surface area (Å²) in [5.41, 5.74) is 4.65. The Morgan fingerprint density at radius 2 is 1.55 bits per heavy atom. The van der Waals surface area contributed by atoms with E-state index in [-0.39, 0.29) is 5.24 Å². The van der Waals surface area contributed by atoms with Crippen LogP contribution in [0, 0.1) is 13.8 Å². The monoisotopic (exact) mass is 415 g/mol. The first kappa shape index (κ1) is 18.2. The Morgan fingerprint density at radius 1 is 0.897 bits per heavy atom. The zero-order valence-electron chi connectivity index (χ0n) is 15.9. The molecule has 142 valence electrons. The second kappa shape index (κ2) is 7.21.